The number of hydrogen-bond donors (Lipinski definition) is 1. The Hall–Kier alpha value is -1.59. The molecule has 1 N–H and O–H groups in total. The number of ether oxygens (including phenoxy) is 2. The van der Waals surface area contributed by atoms with Crippen LogP contribution in [0, 0.1) is 34.5 Å². The number of esters is 2. The van der Waals surface area contributed by atoms with Gasteiger partial charge in [-0.05, 0) is 63.7 Å². The minimum atomic E-state index is -0.994. The van der Waals surface area contributed by atoms with E-state index in [-0.39, 0.29) is 54.1 Å². The normalized spacial score (nSPS) is 17.4. The van der Waals surface area contributed by atoms with Gasteiger partial charge in [-0.25, -0.2) is 0 Å². The lowest BCUT2D eigenvalue weighted by atomic mass is 9.63. The molecule has 0 bridgehead atoms. The molecule has 0 aromatic rings. The van der Waals surface area contributed by atoms with Crippen molar-refractivity contribution in [2.45, 2.75) is 101 Å². The molecule has 0 aromatic heterocycles. The average molecular weight is 443 g/mol. The van der Waals surface area contributed by atoms with Gasteiger partial charge in [-0.2, -0.15) is 0 Å². The Morgan fingerprint density at radius 2 is 1.42 bits per heavy atom. The summed E-state index contributed by atoms with van der Waals surface area (Å²) in [7, 11) is 0. The number of rotatable bonds is 11. The second-order valence-electron chi connectivity index (χ2n) is 11.8. The Labute approximate surface area is 189 Å². The lowest BCUT2D eigenvalue weighted by molar-refractivity contribution is -0.174. The molecule has 182 valence electrons. The molecule has 0 saturated heterocycles. The zero-order valence-corrected chi connectivity index (χ0v) is 21.6. The molecular weight excluding hydrogens is 396 g/mol. The van der Waals surface area contributed by atoms with Crippen LogP contribution in [-0.4, -0.2) is 35.2 Å². The van der Waals surface area contributed by atoms with Crippen molar-refractivity contribution in [1.82, 2.24) is 0 Å². The highest BCUT2D eigenvalue weighted by Crippen LogP contribution is 2.45. The van der Waals surface area contributed by atoms with Crippen molar-refractivity contribution in [2.24, 2.45) is 34.5 Å². The summed E-state index contributed by atoms with van der Waals surface area (Å²) < 4.78 is 11.0. The number of carbonyl (C=O) groups is 3. The maximum Gasteiger partial charge on any atom is 0.312 e. The highest BCUT2D eigenvalue weighted by Gasteiger charge is 2.46. The van der Waals surface area contributed by atoms with Gasteiger partial charge in [-0.3, -0.25) is 14.4 Å². The Kier molecular flexibility index (Phi) is 10.7. The molecule has 0 radical (unpaired) electrons. The second-order valence-corrected chi connectivity index (χ2v) is 11.8. The number of carboxylic acid groups (broad SMARTS) is 1. The van der Waals surface area contributed by atoms with E-state index in [4.69, 9.17) is 14.6 Å². The Morgan fingerprint density at radius 1 is 0.903 bits per heavy atom. The maximum atomic E-state index is 13.3. The van der Waals surface area contributed by atoms with Gasteiger partial charge in [0.25, 0.3) is 0 Å². The average Bonchev–Trinajstić information content (AvgIpc) is 2.54. The summed E-state index contributed by atoms with van der Waals surface area (Å²) in [6, 6.07) is 0. The van der Waals surface area contributed by atoms with Crippen LogP contribution in [-0.2, 0) is 23.9 Å². The van der Waals surface area contributed by atoms with Crippen molar-refractivity contribution >= 4 is 17.9 Å². The molecule has 0 heterocycles. The molecule has 0 aromatic carbocycles. The zero-order chi connectivity index (χ0) is 24.8. The number of carbonyl (C=O) groups excluding carboxylic acids is 2. The molecule has 6 heteroatoms. The Bertz CT molecular complexity index is 610. The summed E-state index contributed by atoms with van der Waals surface area (Å²) in [5, 5.41) is 8.77. The van der Waals surface area contributed by atoms with Crippen LogP contribution in [0.5, 0.6) is 0 Å². The Morgan fingerprint density at radius 3 is 1.81 bits per heavy atom. The van der Waals surface area contributed by atoms with Crippen molar-refractivity contribution in [3.8, 4) is 0 Å². The fraction of sp³-hybridized carbons (Fsp3) is 0.880. The van der Waals surface area contributed by atoms with Gasteiger partial charge in [0.15, 0.2) is 0 Å². The minimum absolute atomic E-state index is 0.0327. The van der Waals surface area contributed by atoms with Gasteiger partial charge in [-0.1, -0.05) is 48.5 Å². The van der Waals surface area contributed by atoms with Crippen LogP contribution in [0.2, 0.25) is 0 Å². The van der Waals surface area contributed by atoms with E-state index in [2.05, 4.69) is 34.6 Å². The van der Waals surface area contributed by atoms with E-state index >= 15 is 0 Å². The van der Waals surface area contributed by atoms with Crippen molar-refractivity contribution in [3.63, 3.8) is 0 Å². The zero-order valence-electron chi connectivity index (χ0n) is 21.6. The van der Waals surface area contributed by atoms with Crippen LogP contribution in [0.4, 0.5) is 0 Å². The molecule has 4 atom stereocenters. The molecule has 0 amide bonds. The van der Waals surface area contributed by atoms with Crippen LogP contribution < -0.4 is 0 Å². The van der Waals surface area contributed by atoms with Gasteiger partial charge < -0.3 is 14.6 Å². The number of aliphatic carboxylic acids is 1. The molecule has 0 fully saturated rings. The second kappa shape index (κ2) is 11.3. The first-order valence-corrected chi connectivity index (χ1v) is 11.4. The predicted molar refractivity (Wildman–Crippen MR) is 123 cm³/mol. The van der Waals surface area contributed by atoms with E-state index in [0.717, 1.165) is 0 Å². The predicted octanol–water partition coefficient (Wildman–Crippen LogP) is 5.72. The molecular formula is C25H46O6. The van der Waals surface area contributed by atoms with Crippen LogP contribution >= 0.6 is 0 Å². The summed E-state index contributed by atoms with van der Waals surface area (Å²) in [5.74, 6) is -1.87. The van der Waals surface area contributed by atoms with Gasteiger partial charge in [0.1, 0.15) is 12.2 Å². The third-order valence-electron chi connectivity index (χ3n) is 5.91. The smallest absolute Gasteiger partial charge is 0.312 e. The standard InChI is InChI=1S/C25H46O6/c1-16(2)19(21(28)30-13-12-20(26)27)14-17(3)18(4)25(11,15-23(5,6)7)22(29)31-24(8,9)10/h16-19H,12-15H2,1-11H3,(H,26,27). The van der Waals surface area contributed by atoms with Crippen LogP contribution in [0.1, 0.15) is 95.4 Å². The van der Waals surface area contributed by atoms with Gasteiger partial charge >= 0.3 is 17.9 Å². The summed E-state index contributed by atoms with van der Waals surface area (Å²) in [6.45, 7) is 21.9. The topological polar surface area (TPSA) is 89.9 Å². The van der Waals surface area contributed by atoms with E-state index in [0.29, 0.717) is 12.8 Å². The van der Waals surface area contributed by atoms with Crippen molar-refractivity contribution in [3.05, 3.63) is 0 Å². The van der Waals surface area contributed by atoms with Gasteiger partial charge in [0.2, 0.25) is 0 Å². The van der Waals surface area contributed by atoms with Crippen LogP contribution in [0.15, 0.2) is 0 Å². The molecule has 0 saturated carbocycles. The monoisotopic (exact) mass is 442 g/mol. The number of hydrogen-bond acceptors (Lipinski definition) is 5. The molecule has 0 spiro atoms. The first kappa shape index (κ1) is 29.4. The fourth-order valence-corrected chi connectivity index (χ4v) is 4.13. The van der Waals surface area contributed by atoms with Crippen molar-refractivity contribution in [1.29, 1.82) is 0 Å². The minimum Gasteiger partial charge on any atom is -0.481 e. The quantitative estimate of drug-likeness (QED) is 0.411. The van der Waals surface area contributed by atoms with Crippen molar-refractivity contribution < 1.29 is 29.0 Å². The fourth-order valence-electron chi connectivity index (χ4n) is 4.13. The molecule has 0 rings (SSSR count). The maximum absolute atomic E-state index is 13.3. The third kappa shape index (κ3) is 10.5. The summed E-state index contributed by atoms with van der Waals surface area (Å²) >= 11 is 0. The van der Waals surface area contributed by atoms with Crippen LogP contribution in [0.25, 0.3) is 0 Å². The molecule has 0 aliphatic carbocycles. The summed E-state index contributed by atoms with van der Waals surface area (Å²) in [4.78, 5) is 36.6. The SMILES string of the molecule is CC(C)C(CC(C)C(C)C(C)(CC(C)(C)C)C(=O)OC(C)(C)C)C(=O)OCCC(=O)O. The highest BCUT2D eigenvalue weighted by atomic mass is 16.6. The molecule has 0 aliphatic heterocycles. The molecule has 4 unspecified atom stereocenters. The third-order valence-corrected chi connectivity index (χ3v) is 5.91. The van der Waals surface area contributed by atoms with E-state index < -0.39 is 17.0 Å². The lowest BCUT2D eigenvalue weighted by Gasteiger charge is -2.43. The van der Waals surface area contributed by atoms with E-state index in [1.807, 2.05) is 41.5 Å². The highest BCUT2D eigenvalue weighted by molar-refractivity contribution is 5.77. The van der Waals surface area contributed by atoms with E-state index in [1.54, 1.807) is 0 Å². The first-order valence-electron chi connectivity index (χ1n) is 11.4. The van der Waals surface area contributed by atoms with Crippen molar-refractivity contribution in [2.75, 3.05) is 6.61 Å². The first-order chi connectivity index (χ1) is 13.8. The van der Waals surface area contributed by atoms with Gasteiger partial charge in [0, 0.05) is 0 Å². The molecule has 31 heavy (non-hydrogen) atoms. The lowest BCUT2D eigenvalue weighted by Crippen LogP contribution is -2.45. The number of carboxylic acids is 1. The van der Waals surface area contributed by atoms with E-state index in [9.17, 15) is 14.4 Å². The molecule has 6 nitrogen and oxygen atoms in total. The molecule has 0 aliphatic rings. The largest absolute Gasteiger partial charge is 0.481 e. The summed E-state index contributed by atoms with van der Waals surface area (Å²) in [6.07, 6.45) is 1.02. The summed E-state index contributed by atoms with van der Waals surface area (Å²) in [5.41, 5.74) is -1.36. The van der Waals surface area contributed by atoms with E-state index in [1.165, 1.54) is 0 Å². The Balaban J connectivity index is 5.61. The van der Waals surface area contributed by atoms with Crippen LogP contribution in [0.3, 0.4) is 0 Å². The van der Waals surface area contributed by atoms with Gasteiger partial charge in [-0.15, -0.1) is 0 Å². The van der Waals surface area contributed by atoms with Gasteiger partial charge in [0.05, 0.1) is 17.8 Å².